The molecule has 0 aromatic heterocycles. The molecule has 2 rings (SSSR count). The summed E-state index contributed by atoms with van der Waals surface area (Å²) in [6.07, 6.45) is 6.15. The maximum Gasteiger partial charge on any atom is 0.176 e. The van der Waals surface area contributed by atoms with Crippen LogP contribution < -0.4 is 0 Å². The fourth-order valence-electron chi connectivity index (χ4n) is 2.43. The third-order valence-electron chi connectivity index (χ3n) is 3.46. The van der Waals surface area contributed by atoms with E-state index in [0.717, 1.165) is 25.9 Å². The fraction of sp³-hybridized carbons (Fsp3) is 0.533. The van der Waals surface area contributed by atoms with E-state index in [0.29, 0.717) is 12.1 Å². The van der Waals surface area contributed by atoms with E-state index in [4.69, 9.17) is 0 Å². The van der Waals surface area contributed by atoms with Gasteiger partial charge >= 0.3 is 0 Å². The Balaban J connectivity index is 1.93. The highest BCUT2D eigenvalue weighted by atomic mass is 19.1. The lowest BCUT2D eigenvalue weighted by molar-refractivity contribution is 0.0924. The monoisotopic (exact) mass is 249 g/mol. The van der Waals surface area contributed by atoms with Crippen molar-refractivity contribution in [1.29, 1.82) is 0 Å². The van der Waals surface area contributed by atoms with Gasteiger partial charge in [-0.25, -0.2) is 4.39 Å². The summed E-state index contributed by atoms with van der Waals surface area (Å²) in [5, 5.41) is 0. The van der Waals surface area contributed by atoms with Gasteiger partial charge in [0, 0.05) is 5.56 Å². The Morgan fingerprint density at radius 3 is 2.44 bits per heavy atom. The minimum Gasteiger partial charge on any atom is -0.296 e. The first-order chi connectivity index (χ1) is 8.75. The first kappa shape index (κ1) is 13.2. The van der Waals surface area contributed by atoms with E-state index in [-0.39, 0.29) is 11.6 Å². The Morgan fingerprint density at radius 1 is 1.11 bits per heavy atom. The van der Waals surface area contributed by atoms with Gasteiger partial charge in [-0.1, -0.05) is 31.4 Å². The maximum absolute atomic E-state index is 13.1. The number of carbonyl (C=O) groups is 1. The second kappa shape index (κ2) is 6.64. The van der Waals surface area contributed by atoms with Crippen molar-refractivity contribution in [1.82, 2.24) is 4.90 Å². The molecule has 1 aliphatic rings. The van der Waals surface area contributed by atoms with Crippen LogP contribution in [-0.2, 0) is 0 Å². The molecule has 1 aromatic carbocycles. The highest BCUT2D eigenvalue weighted by molar-refractivity contribution is 5.97. The molecular weight excluding hydrogens is 229 g/mol. The van der Waals surface area contributed by atoms with Crippen LogP contribution in [0, 0.1) is 5.82 Å². The number of rotatable bonds is 3. The van der Waals surface area contributed by atoms with E-state index in [9.17, 15) is 9.18 Å². The molecule has 0 atom stereocenters. The predicted molar refractivity (Wildman–Crippen MR) is 70.3 cm³/mol. The largest absolute Gasteiger partial charge is 0.296 e. The topological polar surface area (TPSA) is 20.3 Å². The molecule has 2 nitrogen and oxygen atoms in total. The zero-order valence-corrected chi connectivity index (χ0v) is 10.7. The van der Waals surface area contributed by atoms with E-state index >= 15 is 0 Å². The van der Waals surface area contributed by atoms with E-state index < -0.39 is 0 Å². The SMILES string of the molecule is O=C(CN1CCCCCCC1)c1cccc(F)c1. The number of carbonyl (C=O) groups excluding carboxylic acids is 1. The van der Waals surface area contributed by atoms with Gasteiger partial charge in [0.1, 0.15) is 5.82 Å². The minimum atomic E-state index is -0.339. The zero-order valence-electron chi connectivity index (χ0n) is 10.7. The number of Topliss-reactive ketones (excluding diaryl/α,β-unsaturated/α-hetero) is 1. The zero-order chi connectivity index (χ0) is 12.8. The van der Waals surface area contributed by atoms with Crippen LogP contribution in [0.4, 0.5) is 4.39 Å². The van der Waals surface area contributed by atoms with Gasteiger partial charge in [-0.3, -0.25) is 9.69 Å². The summed E-state index contributed by atoms with van der Waals surface area (Å²) in [5.41, 5.74) is 0.483. The Kier molecular flexibility index (Phi) is 4.88. The van der Waals surface area contributed by atoms with Crippen molar-refractivity contribution in [3.05, 3.63) is 35.6 Å². The van der Waals surface area contributed by atoms with Crippen LogP contribution in [0.3, 0.4) is 0 Å². The maximum atomic E-state index is 13.1. The molecule has 18 heavy (non-hydrogen) atoms. The fourth-order valence-corrected chi connectivity index (χ4v) is 2.43. The highest BCUT2D eigenvalue weighted by Crippen LogP contribution is 2.12. The molecule has 0 saturated carbocycles. The lowest BCUT2D eigenvalue weighted by Crippen LogP contribution is -2.32. The molecule has 1 fully saturated rings. The van der Waals surface area contributed by atoms with Crippen molar-refractivity contribution in [2.45, 2.75) is 32.1 Å². The molecule has 0 unspecified atom stereocenters. The smallest absolute Gasteiger partial charge is 0.176 e. The van der Waals surface area contributed by atoms with Crippen LogP contribution >= 0.6 is 0 Å². The van der Waals surface area contributed by atoms with Crippen LogP contribution in [0.15, 0.2) is 24.3 Å². The summed E-state index contributed by atoms with van der Waals surface area (Å²) in [6.45, 7) is 2.39. The average molecular weight is 249 g/mol. The molecule has 3 heteroatoms. The first-order valence-electron chi connectivity index (χ1n) is 6.77. The minimum absolute atomic E-state index is 0.0232. The molecule has 0 spiro atoms. The van der Waals surface area contributed by atoms with Gasteiger partial charge in [0.2, 0.25) is 0 Å². The Morgan fingerprint density at radius 2 is 1.78 bits per heavy atom. The lowest BCUT2D eigenvalue weighted by atomic mass is 10.1. The van der Waals surface area contributed by atoms with E-state index in [1.54, 1.807) is 12.1 Å². The predicted octanol–water partition coefficient (Wildman–Crippen LogP) is 3.27. The van der Waals surface area contributed by atoms with Gasteiger partial charge in [-0.05, 0) is 38.1 Å². The van der Waals surface area contributed by atoms with Crippen molar-refractivity contribution in [2.75, 3.05) is 19.6 Å². The molecule has 0 amide bonds. The van der Waals surface area contributed by atoms with Crippen LogP contribution in [0.1, 0.15) is 42.5 Å². The Labute approximate surface area is 108 Å². The number of hydrogen-bond donors (Lipinski definition) is 0. The van der Waals surface area contributed by atoms with Crippen LogP contribution in [-0.4, -0.2) is 30.3 Å². The Bertz CT molecular complexity index is 397. The molecule has 1 aromatic rings. The molecule has 1 aliphatic heterocycles. The first-order valence-corrected chi connectivity index (χ1v) is 6.77. The standard InChI is InChI=1S/C15H20FNO/c16-14-8-6-7-13(11-14)15(18)12-17-9-4-2-1-3-5-10-17/h6-8,11H,1-5,9-10,12H2. The highest BCUT2D eigenvalue weighted by Gasteiger charge is 2.14. The van der Waals surface area contributed by atoms with Crippen molar-refractivity contribution in [3.63, 3.8) is 0 Å². The molecular formula is C15H20FNO. The molecule has 0 aliphatic carbocycles. The average Bonchev–Trinajstić information content (AvgIpc) is 2.32. The van der Waals surface area contributed by atoms with Crippen molar-refractivity contribution < 1.29 is 9.18 Å². The molecule has 98 valence electrons. The van der Waals surface area contributed by atoms with Gasteiger partial charge < -0.3 is 0 Å². The molecule has 1 heterocycles. The number of likely N-dealkylation sites (tertiary alicyclic amines) is 1. The number of ketones is 1. The molecule has 1 saturated heterocycles. The van der Waals surface area contributed by atoms with Crippen molar-refractivity contribution in [3.8, 4) is 0 Å². The lowest BCUT2D eigenvalue weighted by Gasteiger charge is -2.23. The summed E-state index contributed by atoms with van der Waals surface area (Å²) in [7, 11) is 0. The van der Waals surface area contributed by atoms with Gasteiger partial charge in [-0.2, -0.15) is 0 Å². The summed E-state index contributed by atoms with van der Waals surface area (Å²) < 4.78 is 13.1. The van der Waals surface area contributed by atoms with Crippen molar-refractivity contribution in [2.24, 2.45) is 0 Å². The normalized spacial score (nSPS) is 18.1. The summed E-state index contributed by atoms with van der Waals surface area (Å²) in [4.78, 5) is 14.3. The molecule has 0 bridgehead atoms. The van der Waals surface area contributed by atoms with E-state index in [2.05, 4.69) is 4.90 Å². The third-order valence-corrected chi connectivity index (χ3v) is 3.46. The number of halogens is 1. The Hall–Kier alpha value is -1.22. The van der Waals surface area contributed by atoms with Crippen LogP contribution in [0.5, 0.6) is 0 Å². The van der Waals surface area contributed by atoms with Gasteiger partial charge in [0.15, 0.2) is 5.78 Å². The molecule has 0 radical (unpaired) electrons. The van der Waals surface area contributed by atoms with E-state index in [1.807, 2.05) is 0 Å². The second-order valence-corrected chi connectivity index (χ2v) is 4.98. The quantitative estimate of drug-likeness (QED) is 0.766. The summed E-state index contributed by atoms with van der Waals surface area (Å²) in [5.74, 6) is -0.316. The second-order valence-electron chi connectivity index (χ2n) is 4.98. The van der Waals surface area contributed by atoms with Crippen molar-refractivity contribution >= 4 is 5.78 Å². The summed E-state index contributed by atoms with van der Waals surface area (Å²) >= 11 is 0. The summed E-state index contributed by atoms with van der Waals surface area (Å²) in [6, 6.07) is 5.98. The number of nitrogens with zero attached hydrogens (tertiary/aromatic N) is 1. The number of benzene rings is 1. The third kappa shape index (κ3) is 3.91. The van der Waals surface area contributed by atoms with Crippen LogP contribution in [0.25, 0.3) is 0 Å². The molecule has 0 N–H and O–H groups in total. The van der Waals surface area contributed by atoms with E-state index in [1.165, 1.54) is 31.4 Å². The van der Waals surface area contributed by atoms with Gasteiger partial charge in [-0.15, -0.1) is 0 Å². The van der Waals surface area contributed by atoms with Gasteiger partial charge in [0.25, 0.3) is 0 Å². The number of hydrogen-bond acceptors (Lipinski definition) is 2. The van der Waals surface area contributed by atoms with Crippen LogP contribution in [0.2, 0.25) is 0 Å². The van der Waals surface area contributed by atoms with Gasteiger partial charge in [0.05, 0.1) is 6.54 Å².